The number of anilines is 2. The van der Waals surface area contributed by atoms with Crippen molar-refractivity contribution in [1.29, 1.82) is 0 Å². The third kappa shape index (κ3) is 3.24. The van der Waals surface area contributed by atoms with Gasteiger partial charge < -0.3 is 15.0 Å². The van der Waals surface area contributed by atoms with Crippen LogP contribution in [0.1, 0.15) is 32.6 Å². The predicted octanol–water partition coefficient (Wildman–Crippen LogP) is 2.32. The Morgan fingerprint density at radius 1 is 1.19 bits per heavy atom. The Labute approximate surface area is 124 Å². The van der Waals surface area contributed by atoms with Gasteiger partial charge in [0, 0.05) is 30.9 Å². The second-order valence-corrected chi connectivity index (χ2v) is 5.66. The second kappa shape index (κ2) is 5.85. The van der Waals surface area contributed by atoms with Crippen LogP contribution in [0.4, 0.5) is 11.4 Å². The van der Waals surface area contributed by atoms with Crippen LogP contribution in [0.2, 0.25) is 0 Å². The Morgan fingerprint density at radius 2 is 1.90 bits per heavy atom. The molecule has 1 heterocycles. The van der Waals surface area contributed by atoms with Crippen LogP contribution in [0.15, 0.2) is 24.3 Å². The van der Waals surface area contributed by atoms with Gasteiger partial charge in [-0.25, -0.2) is 0 Å². The molecule has 1 aliphatic heterocycles. The molecule has 2 amide bonds. The van der Waals surface area contributed by atoms with E-state index in [0.29, 0.717) is 12.6 Å². The van der Waals surface area contributed by atoms with Crippen molar-refractivity contribution in [2.24, 2.45) is 0 Å². The third-order valence-electron chi connectivity index (χ3n) is 3.89. The van der Waals surface area contributed by atoms with Crippen LogP contribution in [0.5, 0.6) is 0 Å². The molecule has 2 aliphatic rings. The van der Waals surface area contributed by atoms with Gasteiger partial charge >= 0.3 is 0 Å². The molecule has 1 aromatic rings. The molecule has 2 fully saturated rings. The third-order valence-corrected chi connectivity index (χ3v) is 3.89. The first-order chi connectivity index (χ1) is 10.1. The van der Waals surface area contributed by atoms with E-state index in [0.717, 1.165) is 37.1 Å². The fourth-order valence-corrected chi connectivity index (χ4v) is 2.70. The molecule has 0 bridgehead atoms. The van der Waals surface area contributed by atoms with Gasteiger partial charge in [-0.1, -0.05) is 0 Å². The molecule has 0 aromatic heterocycles. The summed E-state index contributed by atoms with van der Waals surface area (Å²) in [5.41, 5.74) is 1.62. The fraction of sp³-hybridized carbons (Fsp3) is 0.500. The number of benzene rings is 1. The first kappa shape index (κ1) is 14.1. The number of amides is 2. The SMILES string of the molecule is CC(=O)N(c1ccc(NC(=O)C2CCCO2)cc1)C1CC1. The Morgan fingerprint density at radius 3 is 2.43 bits per heavy atom. The molecule has 0 radical (unpaired) electrons. The molecule has 1 saturated heterocycles. The van der Waals surface area contributed by atoms with Gasteiger partial charge in [-0.2, -0.15) is 0 Å². The van der Waals surface area contributed by atoms with Crippen molar-refractivity contribution in [3.05, 3.63) is 24.3 Å². The molecule has 1 aliphatic carbocycles. The first-order valence-electron chi connectivity index (χ1n) is 7.47. The predicted molar refractivity (Wildman–Crippen MR) is 80.2 cm³/mol. The average Bonchev–Trinajstić information content (AvgIpc) is 3.13. The van der Waals surface area contributed by atoms with Gasteiger partial charge in [-0.15, -0.1) is 0 Å². The number of nitrogens with zero attached hydrogens (tertiary/aromatic N) is 1. The number of rotatable bonds is 4. The summed E-state index contributed by atoms with van der Waals surface area (Å²) in [4.78, 5) is 25.5. The van der Waals surface area contributed by atoms with E-state index in [4.69, 9.17) is 4.74 Å². The van der Waals surface area contributed by atoms with Crippen LogP contribution in [0.3, 0.4) is 0 Å². The van der Waals surface area contributed by atoms with Crippen LogP contribution in [0.25, 0.3) is 0 Å². The monoisotopic (exact) mass is 288 g/mol. The zero-order valence-corrected chi connectivity index (χ0v) is 12.2. The molecular formula is C16H20N2O3. The van der Waals surface area contributed by atoms with Crippen LogP contribution in [-0.4, -0.2) is 30.6 Å². The second-order valence-electron chi connectivity index (χ2n) is 5.66. The fourth-order valence-electron chi connectivity index (χ4n) is 2.70. The first-order valence-corrected chi connectivity index (χ1v) is 7.47. The Kier molecular flexibility index (Phi) is 3.92. The van der Waals surface area contributed by atoms with Gasteiger partial charge in [0.25, 0.3) is 5.91 Å². The zero-order chi connectivity index (χ0) is 14.8. The molecule has 0 spiro atoms. The molecule has 1 saturated carbocycles. The van der Waals surface area contributed by atoms with E-state index >= 15 is 0 Å². The van der Waals surface area contributed by atoms with Gasteiger partial charge in [0.2, 0.25) is 5.91 Å². The van der Waals surface area contributed by atoms with E-state index < -0.39 is 0 Å². The summed E-state index contributed by atoms with van der Waals surface area (Å²) in [6.07, 6.45) is 3.52. The smallest absolute Gasteiger partial charge is 0.253 e. The van der Waals surface area contributed by atoms with E-state index in [1.54, 1.807) is 6.92 Å². The highest BCUT2D eigenvalue weighted by molar-refractivity contribution is 5.95. The normalized spacial score (nSPS) is 21.1. The minimum absolute atomic E-state index is 0.0636. The number of ether oxygens (including phenoxy) is 1. The molecule has 5 heteroatoms. The maximum Gasteiger partial charge on any atom is 0.253 e. The van der Waals surface area contributed by atoms with Crippen LogP contribution < -0.4 is 10.2 Å². The maximum absolute atomic E-state index is 12.0. The standard InChI is InChI=1S/C16H20N2O3/c1-11(19)18(14-8-9-14)13-6-4-12(5-7-13)17-16(20)15-3-2-10-21-15/h4-7,14-15H,2-3,8-10H2,1H3,(H,17,20). The van der Waals surface area contributed by atoms with Crippen molar-refractivity contribution < 1.29 is 14.3 Å². The highest BCUT2D eigenvalue weighted by Crippen LogP contribution is 2.32. The lowest BCUT2D eigenvalue weighted by Gasteiger charge is -2.21. The Bertz CT molecular complexity index is 531. The molecule has 21 heavy (non-hydrogen) atoms. The van der Waals surface area contributed by atoms with E-state index in [1.165, 1.54) is 0 Å². The molecule has 1 atom stereocenters. The molecule has 5 nitrogen and oxygen atoms in total. The van der Waals surface area contributed by atoms with Gasteiger partial charge in [0.1, 0.15) is 6.10 Å². The van der Waals surface area contributed by atoms with Gasteiger partial charge in [0.05, 0.1) is 0 Å². The summed E-state index contributed by atoms with van der Waals surface area (Å²) in [6, 6.07) is 7.77. The lowest BCUT2D eigenvalue weighted by atomic mass is 10.2. The topological polar surface area (TPSA) is 58.6 Å². The number of hydrogen-bond donors (Lipinski definition) is 1. The van der Waals surface area contributed by atoms with Crippen molar-refractivity contribution >= 4 is 23.2 Å². The lowest BCUT2D eigenvalue weighted by Crippen LogP contribution is -2.30. The summed E-state index contributed by atoms with van der Waals surface area (Å²) in [5, 5.41) is 2.86. The molecule has 112 valence electrons. The van der Waals surface area contributed by atoms with Crippen molar-refractivity contribution in [3.63, 3.8) is 0 Å². The largest absolute Gasteiger partial charge is 0.368 e. The van der Waals surface area contributed by atoms with Crippen molar-refractivity contribution in [1.82, 2.24) is 0 Å². The van der Waals surface area contributed by atoms with Crippen LogP contribution in [0, 0.1) is 0 Å². The van der Waals surface area contributed by atoms with Crippen LogP contribution >= 0.6 is 0 Å². The Balaban J connectivity index is 1.65. The lowest BCUT2D eigenvalue weighted by molar-refractivity contribution is -0.124. The van der Waals surface area contributed by atoms with Crippen molar-refractivity contribution in [2.45, 2.75) is 44.8 Å². The molecular weight excluding hydrogens is 268 g/mol. The summed E-state index contributed by atoms with van der Waals surface area (Å²) in [6.45, 7) is 2.25. The minimum Gasteiger partial charge on any atom is -0.368 e. The summed E-state index contributed by atoms with van der Waals surface area (Å²) < 4.78 is 5.36. The molecule has 1 aromatic carbocycles. The number of carbonyl (C=O) groups is 2. The van der Waals surface area contributed by atoms with Gasteiger partial charge in [-0.05, 0) is 49.9 Å². The van der Waals surface area contributed by atoms with E-state index in [9.17, 15) is 9.59 Å². The van der Waals surface area contributed by atoms with Crippen LogP contribution in [-0.2, 0) is 14.3 Å². The average molecular weight is 288 g/mol. The highest BCUT2D eigenvalue weighted by Gasteiger charge is 2.32. The minimum atomic E-state index is -0.329. The number of carbonyl (C=O) groups excluding carboxylic acids is 2. The summed E-state index contributed by atoms with van der Waals surface area (Å²) in [5.74, 6) is -0.0282. The Hall–Kier alpha value is -1.88. The maximum atomic E-state index is 12.0. The van der Waals surface area contributed by atoms with E-state index in [2.05, 4.69) is 5.32 Å². The quantitative estimate of drug-likeness (QED) is 0.925. The van der Waals surface area contributed by atoms with E-state index in [1.807, 2.05) is 29.2 Å². The molecule has 3 rings (SSSR count). The zero-order valence-electron chi connectivity index (χ0n) is 12.2. The number of hydrogen-bond acceptors (Lipinski definition) is 3. The van der Waals surface area contributed by atoms with Crippen molar-refractivity contribution in [2.75, 3.05) is 16.8 Å². The molecule has 1 N–H and O–H groups in total. The summed E-state index contributed by atoms with van der Waals surface area (Å²) in [7, 11) is 0. The van der Waals surface area contributed by atoms with Gasteiger partial charge in [-0.3, -0.25) is 9.59 Å². The van der Waals surface area contributed by atoms with Gasteiger partial charge in [0.15, 0.2) is 0 Å². The van der Waals surface area contributed by atoms with Crippen molar-refractivity contribution in [3.8, 4) is 0 Å². The van der Waals surface area contributed by atoms with E-state index in [-0.39, 0.29) is 17.9 Å². The molecule has 1 unspecified atom stereocenters. The number of nitrogens with one attached hydrogen (secondary N) is 1. The summed E-state index contributed by atoms with van der Waals surface area (Å²) >= 11 is 0. The highest BCUT2D eigenvalue weighted by atomic mass is 16.5.